The third-order valence-corrected chi connectivity index (χ3v) is 2.75. The van der Waals surface area contributed by atoms with Crippen molar-refractivity contribution in [1.29, 1.82) is 0 Å². The van der Waals surface area contributed by atoms with E-state index in [0.717, 1.165) is 0 Å². The molecule has 0 bridgehead atoms. The molecule has 0 aromatic heterocycles. The SMILES string of the molecule is CC#CC(C)(C)C.CC(C)(C)C.CC(C)(C)C.CC(C)(C)C(C)(C)C. The highest BCUT2D eigenvalue weighted by atomic mass is 14.3. The summed E-state index contributed by atoms with van der Waals surface area (Å²) in [4.78, 5) is 0. The smallest absolute Gasteiger partial charge is 0.0230 e. The summed E-state index contributed by atoms with van der Waals surface area (Å²) in [6.45, 7) is 39.3. The molecule has 0 fully saturated rings. The van der Waals surface area contributed by atoms with Crippen LogP contribution in [0.15, 0.2) is 0 Å². The molecule has 0 aromatic rings. The van der Waals surface area contributed by atoms with Crippen LogP contribution in [0, 0.1) is 38.9 Å². The van der Waals surface area contributed by atoms with Crippen molar-refractivity contribution in [1.82, 2.24) is 0 Å². The zero-order chi connectivity index (χ0) is 21.9. The van der Waals surface area contributed by atoms with Gasteiger partial charge < -0.3 is 0 Å². The van der Waals surface area contributed by atoms with Gasteiger partial charge in [-0.3, -0.25) is 0 Å². The van der Waals surface area contributed by atoms with E-state index < -0.39 is 0 Å². The van der Waals surface area contributed by atoms with Gasteiger partial charge in [0.15, 0.2) is 0 Å². The lowest BCUT2D eigenvalue weighted by molar-refractivity contribution is 0.157. The molecule has 0 rings (SSSR count). The first-order valence-corrected chi connectivity index (χ1v) is 9.75. The predicted molar refractivity (Wildman–Crippen MR) is 122 cm³/mol. The quantitative estimate of drug-likeness (QED) is 0.380. The summed E-state index contributed by atoms with van der Waals surface area (Å²) in [7, 11) is 0. The minimum absolute atomic E-state index is 0.189. The van der Waals surface area contributed by atoms with Gasteiger partial charge in [0.25, 0.3) is 0 Å². The molecule has 0 heterocycles. The first-order chi connectivity index (χ1) is 10.3. The molecule has 0 unspecified atom stereocenters. The van der Waals surface area contributed by atoms with Crippen LogP contribution >= 0.6 is 0 Å². The van der Waals surface area contributed by atoms with Gasteiger partial charge in [-0.15, -0.1) is 5.92 Å². The van der Waals surface area contributed by atoms with Crippen LogP contribution in [0.1, 0.15) is 125 Å². The lowest BCUT2D eigenvalue weighted by Gasteiger charge is -2.34. The molecule has 0 heteroatoms. The summed E-state index contributed by atoms with van der Waals surface area (Å²) >= 11 is 0. The molecule has 0 saturated carbocycles. The molecule has 154 valence electrons. The monoisotopic (exact) mass is 354 g/mol. The molecule has 0 spiro atoms. The van der Waals surface area contributed by atoms with Crippen molar-refractivity contribution in [3.63, 3.8) is 0 Å². The minimum atomic E-state index is 0.189. The summed E-state index contributed by atoms with van der Waals surface area (Å²) in [5.41, 5.74) is 2.06. The van der Waals surface area contributed by atoms with Gasteiger partial charge in [0.1, 0.15) is 0 Å². The van der Waals surface area contributed by atoms with Crippen LogP contribution in [0.2, 0.25) is 0 Å². The Morgan fingerprint density at radius 1 is 0.400 bits per heavy atom. The second-order valence-corrected chi connectivity index (χ2v) is 13.1. The molecule has 0 aliphatic rings. The summed E-state index contributed by atoms with van der Waals surface area (Å²) in [6.07, 6.45) is 0. The van der Waals surface area contributed by atoms with Gasteiger partial charge in [0, 0.05) is 5.41 Å². The van der Waals surface area contributed by atoms with Crippen LogP contribution in [-0.4, -0.2) is 0 Å². The normalized spacial score (nSPS) is 12.1. The van der Waals surface area contributed by atoms with Crippen molar-refractivity contribution >= 4 is 0 Å². The van der Waals surface area contributed by atoms with Crippen LogP contribution in [0.4, 0.5) is 0 Å². The van der Waals surface area contributed by atoms with Gasteiger partial charge in [0.2, 0.25) is 0 Å². The number of hydrogen-bond donors (Lipinski definition) is 0. The lowest BCUT2D eigenvalue weighted by Crippen LogP contribution is -2.25. The Morgan fingerprint density at radius 3 is 0.560 bits per heavy atom. The molecule has 0 radical (unpaired) electrons. The van der Waals surface area contributed by atoms with Gasteiger partial charge in [-0.1, -0.05) is 103 Å². The Kier molecular flexibility index (Phi) is 15.5. The van der Waals surface area contributed by atoms with Crippen LogP contribution < -0.4 is 0 Å². The van der Waals surface area contributed by atoms with E-state index in [1.165, 1.54) is 0 Å². The Bertz CT molecular complexity index is 314. The van der Waals surface area contributed by atoms with E-state index >= 15 is 0 Å². The van der Waals surface area contributed by atoms with Crippen molar-refractivity contribution in [2.45, 2.75) is 125 Å². The largest absolute Gasteiger partial charge is 0.106 e. The predicted octanol–water partition coefficient (Wildman–Crippen LogP) is 9.24. The average Bonchev–Trinajstić information content (AvgIpc) is 2.05. The summed E-state index contributed by atoms with van der Waals surface area (Å²) in [5, 5.41) is 0. The van der Waals surface area contributed by atoms with Gasteiger partial charge in [-0.25, -0.2) is 0 Å². The van der Waals surface area contributed by atoms with E-state index in [1.807, 2.05) is 6.92 Å². The Hall–Kier alpha value is -0.440. The highest BCUT2D eigenvalue weighted by Gasteiger charge is 2.26. The molecule has 0 aliphatic heterocycles. The van der Waals surface area contributed by atoms with E-state index in [9.17, 15) is 0 Å². The Morgan fingerprint density at radius 2 is 0.560 bits per heavy atom. The summed E-state index contributed by atoms with van der Waals surface area (Å²) in [6, 6.07) is 0. The molecular weight excluding hydrogens is 300 g/mol. The van der Waals surface area contributed by atoms with Gasteiger partial charge in [-0.05, 0) is 49.4 Å². The fourth-order valence-corrected chi connectivity index (χ4v) is 0.375. The van der Waals surface area contributed by atoms with E-state index in [2.05, 4.69) is 130 Å². The zero-order valence-electron chi connectivity index (χ0n) is 21.5. The second kappa shape index (κ2) is 12.0. The Balaban J connectivity index is -0.000000120. The van der Waals surface area contributed by atoms with Crippen molar-refractivity contribution in [2.75, 3.05) is 0 Å². The topological polar surface area (TPSA) is 0 Å². The van der Waals surface area contributed by atoms with Crippen molar-refractivity contribution in [3.05, 3.63) is 0 Å². The second-order valence-electron chi connectivity index (χ2n) is 13.1. The summed E-state index contributed by atoms with van der Waals surface area (Å²) in [5.74, 6) is 5.89. The van der Waals surface area contributed by atoms with Gasteiger partial charge in [-0.2, -0.15) is 0 Å². The maximum Gasteiger partial charge on any atom is 0.0230 e. The molecule has 0 atom stereocenters. The lowest BCUT2D eigenvalue weighted by atomic mass is 9.71. The first kappa shape index (κ1) is 32.3. The highest BCUT2D eigenvalue weighted by Crippen LogP contribution is 2.36. The van der Waals surface area contributed by atoms with Crippen molar-refractivity contribution in [3.8, 4) is 11.8 Å². The number of rotatable bonds is 0. The molecule has 25 heavy (non-hydrogen) atoms. The highest BCUT2D eigenvalue weighted by molar-refractivity contribution is 5.04. The fraction of sp³-hybridized carbons (Fsp3) is 0.920. The molecule has 0 amide bonds. The van der Waals surface area contributed by atoms with Gasteiger partial charge in [0.05, 0.1) is 0 Å². The van der Waals surface area contributed by atoms with Gasteiger partial charge >= 0.3 is 0 Å². The maximum absolute atomic E-state index is 3.03. The average molecular weight is 355 g/mol. The number of hydrogen-bond acceptors (Lipinski definition) is 0. The van der Waals surface area contributed by atoms with E-state index in [0.29, 0.717) is 21.7 Å². The van der Waals surface area contributed by atoms with Crippen LogP contribution in [0.25, 0.3) is 0 Å². The van der Waals surface area contributed by atoms with Crippen molar-refractivity contribution in [2.24, 2.45) is 27.1 Å². The van der Waals surface area contributed by atoms with E-state index in [1.54, 1.807) is 0 Å². The van der Waals surface area contributed by atoms with E-state index in [4.69, 9.17) is 0 Å². The van der Waals surface area contributed by atoms with E-state index in [-0.39, 0.29) is 5.41 Å². The van der Waals surface area contributed by atoms with Crippen LogP contribution in [-0.2, 0) is 0 Å². The summed E-state index contributed by atoms with van der Waals surface area (Å²) < 4.78 is 0. The molecule has 0 aliphatic carbocycles. The molecular formula is C25H54. The third kappa shape index (κ3) is 69.4. The standard InChI is InChI=1S/C8H18.C7H12.2C5H12/c1-7(2,3)8(4,5)6;1-5-6-7(2,3)4;2*1-5(2,3)4/h1-6H3;1-4H3;2*1-4H3. The molecule has 0 N–H and O–H groups in total. The first-order valence-electron chi connectivity index (χ1n) is 9.75. The molecule has 0 saturated heterocycles. The maximum atomic E-state index is 3.03. The van der Waals surface area contributed by atoms with Crippen LogP contribution in [0.5, 0.6) is 0 Å². The van der Waals surface area contributed by atoms with Crippen LogP contribution in [0.3, 0.4) is 0 Å². The van der Waals surface area contributed by atoms with Crippen molar-refractivity contribution < 1.29 is 0 Å². The molecule has 0 aromatic carbocycles. The minimum Gasteiger partial charge on any atom is -0.106 e. The Labute approximate surface area is 164 Å². The molecule has 0 nitrogen and oxygen atoms in total. The fourth-order valence-electron chi connectivity index (χ4n) is 0.375. The zero-order valence-corrected chi connectivity index (χ0v) is 21.5. The third-order valence-electron chi connectivity index (χ3n) is 2.75.